The topological polar surface area (TPSA) is 99.7 Å². The number of aromatic nitrogens is 2. The number of benzene rings is 2. The van der Waals surface area contributed by atoms with Crippen LogP contribution >= 0.6 is 0 Å². The van der Waals surface area contributed by atoms with E-state index in [-0.39, 0.29) is 24.2 Å². The Morgan fingerprint density at radius 3 is 2.03 bits per heavy atom. The molecule has 6 heterocycles. The van der Waals surface area contributed by atoms with Gasteiger partial charge in [0.15, 0.2) is 0 Å². The van der Waals surface area contributed by atoms with Gasteiger partial charge in [-0.05, 0) is 122 Å². The molecular weight excluding hydrogens is 801 g/mol. The van der Waals surface area contributed by atoms with Gasteiger partial charge in [-0.15, -0.1) is 0 Å². The number of aryl methyl sites for hydroxylation is 1. The molecule has 2 aliphatic carbocycles. The van der Waals surface area contributed by atoms with Gasteiger partial charge in [-0.25, -0.2) is 0 Å². The smallest absolute Gasteiger partial charge is 0.0983 e. The number of nitrogens with one attached hydrogen (secondary N) is 2. The molecule has 2 N–H and O–H groups in total. The molecule has 2 saturated heterocycles. The van der Waals surface area contributed by atoms with E-state index in [4.69, 9.17) is 28.9 Å². The number of anilines is 2. The van der Waals surface area contributed by atoms with Gasteiger partial charge in [0.2, 0.25) is 0 Å². The number of likely N-dealkylation sites (N-methyl/N-ethyl adjacent to an activating group) is 2. The molecule has 2 fully saturated rings. The van der Waals surface area contributed by atoms with Crippen molar-refractivity contribution in [2.24, 2.45) is 0 Å². The second kappa shape index (κ2) is 19.9. The first-order valence-corrected chi connectivity index (χ1v) is 24.2. The molecule has 0 radical (unpaired) electrons. The standard InChI is InChI=1S/C52H70N8O4/c1-57(48-14-5-9-35-11-7-17-53-51(35)48)29-40-26-46-38(28-56-40)23-37(24-50(46)60-20-22-64-42(32-60)34-62-4)43-15-16-49(52-44(43)12-8-18-54-52)58(2)30-39-25-45-36(27-55-39)10-6-13-47(45)59-19-21-63-41(31-59)33-61-3/h6-8,10-13,17-18,23-24,39-43,48-49,55-56H,5,9,14-16,19-22,25-34H2,1-4H3/t39-,40+,41?,42?,43?,48-,49-/m0/s1. The molecule has 4 aromatic rings. The molecule has 4 aliphatic heterocycles. The number of nitrogens with zero attached hydrogens (tertiary/aromatic N) is 6. The molecule has 0 bridgehead atoms. The monoisotopic (exact) mass is 871 g/mol. The third-order valence-corrected chi connectivity index (χ3v) is 15.3. The number of methoxy groups -OCH3 is 2. The largest absolute Gasteiger partial charge is 0.382 e. The summed E-state index contributed by atoms with van der Waals surface area (Å²) in [6, 6.07) is 22.1. The van der Waals surface area contributed by atoms with E-state index < -0.39 is 0 Å². The van der Waals surface area contributed by atoms with Gasteiger partial charge in [-0.2, -0.15) is 0 Å². The average molecular weight is 871 g/mol. The summed E-state index contributed by atoms with van der Waals surface area (Å²) in [6.07, 6.45) is 11.8. The maximum absolute atomic E-state index is 6.21. The fourth-order valence-corrected chi connectivity index (χ4v) is 12.1. The zero-order chi connectivity index (χ0) is 43.6. The maximum Gasteiger partial charge on any atom is 0.0983 e. The highest BCUT2D eigenvalue weighted by Gasteiger charge is 2.36. The van der Waals surface area contributed by atoms with Crippen molar-refractivity contribution in [1.82, 2.24) is 30.4 Å². The summed E-state index contributed by atoms with van der Waals surface area (Å²) in [5.74, 6) is 0.286. The molecule has 0 saturated carbocycles. The lowest BCUT2D eigenvalue weighted by Gasteiger charge is -2.41. The first-order chi connectivity index (χ1) is 31.4. The van der Waals surface area contributed by atoms with Gasteiger partial charge in [0.1, 0.15) is 0 Å². The summed E-state index contributed by atoms with van der Waals surface area (Å²) in [5.41, 5.74) is 15.3. The lowest BCUT2D eigenvalue weighted by atomic mass is 9.77. The van der Waals surface area contributed by atoms with E-state index >= 15 is 0 Å². The number of morpholine rings is 2. The van der Waals surface area contributed by atoms with E-state index in [0.29, 0.717) is 37.9 Å². The molecule has 2 aromatic heterocycles. The second-order valence-corrected chi connectivity index (χ2v) is 19.4. The Labute approximate surface area is 381 Å². The van der Waals surface area contributed by atoms with Crippen LogP contribution in [-0.4, -0.2) is 138 Å². The van der Waals surface area contributed by atoms with Gasteiger partial charge in [-0.3, -0.25) is 19.8 Å². The van der Waals surface area contributed by atoms with E-state index in [2.05, 4.69) is 98.9 Å². The minimum Gasteiger partial charge on any atom is -0.382 e. The highest BCUT2D eigenvalue weighted by molar-refractivity contribution is 5.62. The number of hydrogen-bond acceptors (Lipinski definition) is 12. The third kappa shape index (κ3) is 9.22. The third-order valence-electron chi connectivity index (χ3n) is 15.3. The Balaban J connectivity index is 0.879. The molecular formula is C52H70N8O4. The normalized spacial score (nSPS) is 26.9. The highest BCUT2D eigenvalue weighted by Crippen LogP contribution is 2.45. The Hall–Kier alpha value is -3.98. The van der Waals surface area contributed by atoms with Gasteiger partial charge in [-0.1, -0.05) is 30.3 Å². The van der Waals surface area contributed by atoms with Crippen molar-refractivity contribution in [1.29, 1.82) is 0 Å². The average Bonchev–Trinajstić information content (AvgIpc) is 3.33. The number of fused-ring (bicyclic) bond motifs is 4. The Kier molecular flexibility index (Phi) is 13.6. The fourth-order valence-electron chi connectivity index (χ4n) is 12.1. The summed E-state index contributed by atoms with van der Waals surface area (Å²) in [4.78, 5) is 20.3. The van der Waals surface area contributed by atoms with Crippen LogP contribution in [0.15, 0.2) is 67.0 Å². The van der Waals surface area contributed by atoms with Crippen LogP contribution < -0.4 is 20.4 Å². The van der Waals surface area contributed by atoms with E-state index in [0.717, 1.165) is 91.1 Å². The van der Waals surface area contributed by atoms with E-state index in [1.807, 2.05) is 12.4 Å². The summed E-state index contributed by atoms with van der Waals surface area (Å²) < 4.78 is 23.3. The van der Waals surface area contributed by atoms with Crippen molar-refractivity contribution in [2.45, 2.75) is 100 Å². The maximum atomic E-state index is 6.21. The van der Waals surface area contributed by atoms with E-state index in [1.165, 1.54) is 74.5 Å². The zero-order valence-corrected chi connectivity index (χ0v) is 38.6. The van der Waals surface area contributed by atoms with Gasteiger partial charge in [0, 0.05) is 108 Å². The first-order valence-electron chi connectivity index (χ1n) is 24.2. The quantitative estimate of drug-likeness (QED) is 0.170. The molecule has 0 amide bonds. The summed E-state index contributed by atoms with van der Waals surface area (Å²) in [6.45, 7) is 9.88. The van der Waals surface area contributed by atoms with Crippen LogP contribution in [0.25, 0.3) is 0 Å². The highest BCUT2D eigenvalue weighted by atomic mass is 16.5. The molecule has 64 heavy (non-hydrogen) atoms. The van der Waals surface area contributed by atoms with Crippen LogP contribution in [0, 0.1) is 0 Å². The van der Waals surface area contributed by atoms with Crippen LogP contribution in [0.1, 0.15) is 94.0 Å². The molecule has 6 aliphatic rings. The van der Waals surface area contributed by atoms with Crippen molar-refractivity contribution in [3.05, 3.63) is 117 Å². The van der Waals surface area contributed by atoms with Crippen LogP contribution in [0.3, 0.4) is 0 Å². The Bertz CT molecular complexity index is 2220. The lowest BCUT2D eigenvalue weighted by Crippen LogP contribution is -2.47. The van der Waals surface area contributed by atoms with Crippen molar-refractivity contribution in [3.8, 4) is 0 Å². The number of ether oxygens (including phenoxy) is 4. The van der Waals surface area contributed by atoms with Gasteiger partial charge in [0.05, 0.1) is 62.1 Å². The minimum absolute atomic E-state index is 0.0582. The van der Waals surface area contributed by atoms with Gasteiger partial charge >= 0.3 is 0 Å². The first kappa shape index (κ1) is 43.9. The second-order valence-electron chi connectivity index (χ2n) is 19.4. The lowest BCUT2D eigenvalue weighted by molar-refractivity contribution is -0.0101. The molecule has 12 nitrogen and oxygen atoms in total. The Morgan fingerprint density at radius 2 is 1.31 bits per heavy atom. The van der Waals surface area contributed by atoms with Crippen LogP contribution in [0.5, 0.6) is 0 Å². The predicted octanol–water partition coefficient (Wildman–Crippen LogP) is 5.82. The molecule has 10 rings (SSSR count). The van der Waals surface area contributed by atoms with Gasteiger partial charge in [0.25, 0.3) is 0 Å². The molecule has 342 valence electrons. The van der Waals surface area contributed by atoms with Crippen LogP contribution in [0.4, 0.5) is 11.4 Å². The van der Waals surface area contributed by atoms with Crippen molar-refractivity contribution in [3.63, 3.8) is 0 Å². The van der Waals surface area contributed by atoms with Gasteiger partial charge < -0.3 is 39.4 Å². The SMILES string of the molecule is COCC1CN(c2cc(C3CC[C@H](N(C)C[C@@H]4Cc5c(cccc5N5CCOC(COC)C5)CN4)c4ncccc43)cc3c2C[C@H](CN(C)[C@H]2CCCc4cccnc42)NC3)CCO1. The number of hydrogen-bond donors (Lipinski definition) is 2. The summed E-state index contributed by atoms with van der Waals surface area (Å²) >= 11 is 0. The van der Waals surface area contributed by atoms with E-state index in [9.17, 15) is 0 Å². The zero-order valence-electron chi connectivity index (χ0n) is 38.6. The Morgan fingerprint density at radius 1 is 0.688 bits per heavy atom. The minimum atomic E-state index is 0.0582. The van der Waals surface area contributed by atoms with Crippen molar-refractivity contribution in [2.75, 3.05) is 104 Å². The van der Waals surface area contributed by atoms with E-state index in [1.54, 1.807) is 14.2 Å². The number of rotatable bonds is 13. The summed E-state index contributed by atoms with van der Waals surface area (Å²) in [5, 5.41) is 7.93. The fraction of sp³-hybridized carbons (Fsp3) is 0.577. The van der Waals surface area contributed by atoms with Crippen LogP contribution in [0.2, 0.25) is 0 Å². The molecule has 2 aromatic carbocycles. The predicted molar refractivity (Wildman–Crippen MR) is 252 cm³/mol. The molecule has 12 heteroatoms. The molecule has 3 unspecified atom stereocenters. The van der Waals surface area contributed by atoms with Crippen molar-refractivity contribution >= 4 is 11.4 Å². The summed E-state index contributed by atoms with van der Waals surface area (Å²) in [7, 11) is 8.16. The van der Waals surface area contributed by atoms with Crippen LogP contribution in [-0.2, 0) is 51.3 Å². The number of pyridine rings is 2. The van der Waals surface area contributed by atoms with Crippen molar-refractivity contribution < 1.29 is 18.9 Å². The molecule has 7 atom stereocenters. The molecule has 0 spiro atoms.